The summed E-state index contributed by atoms with van der Waals surface area (Å²) >= 11 is 0. The molecule has 0 bridgehead atoms. The number of aryl methyl sites for hydroxylation is 2. The summed E-state index contributed by atoms with van der Waals surface area (Å²) in [6.45, 7) is 24.8. The largest absolute Gasteiger partial charge is 0.466 e. The second-order valence-electron chi connectivity index (χ2n) is 33.2. The lowest BCUT2D eigenvalue weighted by Gasteiger charge is -2.22. The molecule has 0 aromatic carbocycles. The smallest absolute Gasteiger partial charge is 0.308 e. The van der Waals surface area contributed by atoms with Gasteiger partial charge in [-0.05, 0) is 142 Å². The van der Waals surface area contributed by atoms with Gasteiger partial charge >= 0.3 is 23.9 Å². The summed E-state index contributed by atoms with van der Waals surface area (Å²) in [6.07, 6.45) is 90.1. The number of unbranched alkanes of at least 4 members (excludes halogenated alkanes) is 48. The molecule has 14 heteroatoms. The van der Waals surface area contributed by atoms with Gasteiger partial charge in [0.15, 0.2) is 0 Å². The summed E-state index contributed by atoms with van der Waals surface area (Å²) in [5, 5.41) is 0. The number of esters is 4. The van der Waals surface area contributed by atoms with Crippen LogP contribution in [0, 0.1) is 11.8 Å². The number of carbonyl (C=O) groups excluding carboxylic acids is 4. The highest BCUT2D eigenvalue weighted by atomic mass is 16.5. The van der Waals surface area contributed by atoms with E-state index >= 15 is 0 Å². The Morgan fingerprint density at radius 3 is 0.736 bits per heavy atom. The van der Waals surface area contributed by atoms with Crippen molar-refractivity contribution in [2.24, 2.45) is 11.8 Å². The molecular formula is C96H182N6O8. The molecule has 14 nitrogen and oxygen atoms in total. The van der Waals surface area contributed by atoms with Gasteiger partial charge in [-0.25, -0.2) is 9.97 Å². The van der Waals surface area contributed by atoms with Crippen molar-refractivity contribution in [1.29, 1.82) is 0 Å². The van der Waals surface area contributed by atoms with Crippen LogP contribution in [-0.2, 0) is 51.2 Å². The maximum atomic E-state index is 13.1. The highest BCUT2D eigenvalue weighted by Crippen LogP contribution is 2.24. The van der Waals surface area contributed by atoms with Gasteiger partial charge in [-0.3, -0.25) is 19.2 Å². The van der Waals surface area contributed by atoms with E-state index in [1.807, 2.05) is 25.0 Å². The van der Waals surface area contributed by atoms with Crippen molar-refractivity contribution in [3.63, 3.8) is 0 Å². The normalized spacial score (nSPS) is 11.6. The van der Waals surface area contributed by atoms with Crippen LogP contribution in [0.3, 0.4) is 0 Å². The molecule has 0 aliphatic rings. The number of hydrogen-bond donors (Lipinski definition) is 0. The zero-order valence-electron chi connectivity index (χ0n) is 73.7. The van der Waals surface area contributed by atoms with Gasteiger partial charge in [0.2, 0.25) is 0 Å². The molecule has 0 aliphatic heterocycles. The maximum absolute atomic E-state index is 13.1. The Hall–Kier alpha value is -3.78. The average Bonchev–Trinajstić information content (AvgIpc) is 1.02. The minimum Gasteiger partial charge on any atom is -0.466 e. The van der Waals surface area contributed by atoms with Crippen molar-refractivity contribution in [2.75, 3.05) is 65.7 Å². The molecular weight excluding hydrogens is 1370 g/mol. The van der Waals surface area contributed by atoms with Crippen LogP contribution in [-0.4, -0.2) is 118 Å². The highest BCUT2D eigenvalue weighted by molar-refractivity contribution is 5.73. The number of imidazole rings is 2. The standard InChI is InChI=1S/2C48H91N3O4/c2*1-4-7-10-13-16-24-31-43-54-47(52)36-28-21-17-22-29-38-50(40-33-41-51-42-37-49-45-51)39-30-23-18-25-32-44-55-48(53)46(34-26-19-14-11-8-5-2)35-27-20-15-12-9-6-3/h2*37,42,45-46H,4-36,38-41,43-44H2,1-3H3. The fourth-order valence-corrected chi connectivity index (χ4v) is 15.3. The van der Waals surface area contributed by atoms with Crippen molar-refractivity contribution >= 4 is 23.9 Å². The molecule has 0 aliphatic carbocycles. The monoisotopic (exact) mass is 1550 g/mol. The van der Waals surface area contributed by atoms with Crippen molar-refractivity contribution in [2.45, 2.75) is 478 Å². The predicted molar refractivity (Wildman–Crippen MR) is 467 cm³/mol. The van der Waals surface area contributed by atoms with Gasteiger partial charge in [-0.2, -0.15) is 0 Å². The molecule has 2 rings (SSSR count). The summed E-state index contributed by atoms with van der Waals surface area (Å²) in [5.41, 5.74) is 0. The van der Waals surface area contributed by atoms with Gasteiger partial charge < -0.3 is 37.9 Å². The molecule has 2 aromatic heterocycles. The summed E-state index contributed by atoms with van der Waals surface area (Å²) in [7, 11) is 0. The second-order valence-corrected chi connectivity index (χ2v) is 33.2. The van der Waals surface area contributed by atoms with Crippen molar-refractivity contribution in [3.05, 3.63) is 37.4 Å². The molecule has 110 heavy (non-hydrogen) atoms. The van der Waals surface area contributed by atoms with Gasteiger partial charge in [0.1, 0.15) is 0 Å². The summed E-state index contributed by atoms with van der Waals surface area (Å²) < 4.78 is 27.0. The third-order valence-corrected chi connectivity index (χ3v) is 22.6. The quantitative estimate of drug-likeness (QED) is 0.0353. The van der Waals surface area contributed by atoms with Gasteiger partial charge in [-0.15, -0.1) is 0 Å². The molecule has 0 unspecified atom stereocenters. The molecule has 2 heterocycles. The molecule has 0 fully saturated rings. The predicted octanol–water partition coefficient (Wildman–Crippen LogP) is 27.6. The first-order valence-electron chi connectivity index (χ1n) is 48.2. The van der Waals surface area contributed by atoms with Gasteiger partial charge in [-0.1, -0.05) is 350 Å². The lowest BCUT2D eigenvalue weighted by molar-refractivity contribution is -0.150. The third-order valence-electron chi connectivity index (χ3n) is 22.6. The van der Waals surface area contributed by atoms with Crippen LogP contribution in [0.5, 0.6) is 0 Å². The fourth-order valence-electron chi connectivity index (χ4n) is 15.3. The van der Waals surface area contributed by atoms with E-state index in [2.05, 4.69) is 82.8 Å². The Bertz CT molecular complexity index is 2000. The van der Waals surface area contributed by atoms with Crippen molar-refractivity contribution in [3.8, 4) is 0 Å². The van der Waals surface area contributed by atoms with E-state index in [4.69, 9.17) is 18.9 Å². The van der Waals surface area contributed by atoms with Crippen LogP contribution in [0.1, 0.15) is 465 Å². The molecule has 0 spiro atoms. The number of ether oxygens (including phenoxy) is 4. The number of rotatable bonds is 86. The maximum Gasteiger partial charge on any atom is 0.308 e. The van der Waals surface area contributed by atoms with Gasteiger partial charge in [0, 0.05) is 50.7 Å². The topological polar surface area (TPSA) is 147 Å². The second kappa shape index (κ2) is 84.6. The van der Waals surface area contributed by atoms with E-state index in [-0.39, 0.29) is 35.7 Å². The Morgan fingerprint density at radius 1 is 0.264 bits per heavy atom. The van der Waals surface area contributed by atoms with Crippen LogP contribution in [0.15, 0.2) is 37.4 Å². The average molecular weight is 1550 g/mol. The van der Waals surface area contributed by atoms with Crippen LogP contribution in [0.4, 0.5) is 0 Å². The van der Waals surface area contributed by atoms with E-state index in [0.717, 1.165) is 181 Å². The van der Waals surface area contributed by atoms with E-state index in [9.17, 15) is 19.2 Å². The highest BCUT2D eigenvalue weighted by Gasteiger charge is 2.21. The summed E-state index contributed by atoms with van der Waals surface area (Å²) in [6, 6.07) is 0. The Labute approximate surface area is 680 Å². The van der Waals surface area contributed by atoms with E-state index < -0.39 is 0 Å². The summed E-state index contributed by atoms with van der Waals surface area (Å²) in [5.74, 6) is 0.329. The van der Waals surface area contributed by atoms with Crippen molar-refractivity contribution < 1.29 is 38.1 Å². The number of nitrogens with zero attached hydrogens (tertiary/aromatic N) is 6. The van der Waals surface area contributed by atoms with E-state index in [1.54, 1.807) is 0 Å². The van der Waals surface area contributed by atoms with E-state index in [1.165, 1.54) is 283 Å². The third kappa shape index (κ3) is 72.0. The van der Waals surface area contributed by atoms with Gasteiger partial charge in [0.05, 0.1) is 50.9 Å². The first-order valence-corrected chi connectivity index (χ1v) is 48.2. The van der Waals surface area contributed by atoms with Gasteiger partial charge in [0.25, 0.3) is 0 Å². The van der Waals surface area contributed by atoms with E-state index in [0.29, 0.717) is 39.3 Å². The molecule has 0 saturated carbocycles. The van der Waals surface area contributed by atoms with Crippen LogP contribution >= 0.6 is 0 Å². The zero-order valence-corrected chi connectivity index (χ0v) is 73.7. The molecule has 2 aromatic rings. The lowest BCUT2D eigenvalue weighted by atomic mass is 9.94. The number of carbonyl (C=O) groups is 4. The molecule has 0 atom stereocenters. The Morgan fingerprint density at radius 2 is 0.482 bits per heavy atom. The minimum atomic E-state index is -0.0118. The SMILES string of the molecule is CCCCCCCCCOC(=O)CCCCCCCN(CCCCCCCOC(=O)C(CCCCCCCC)CCCCCCCC)CCCn1ccnc1.CCCCCCCCCOC(=O)CCCCCCCN(CCCCCCCOC(=O)C(CCCCCCCC)CCCCCCCC)CCCn1ccnc1. The number of hydrogen-bond acceptors (Lipinski definition) is 12. The molecule has 644 valence electrons. The Kier molecular flexibility index (Phi) is 80.2. The molecule has 0 saturated heterocycles. The molecule has 0 N–H and O–H groups in total. The van der Waals surface area contributed by atoms with Crippen LogP contribution < -0.4 is 0 Å². The fraction of sp³-hybridized carbons (Fsp3) is 0.896. The van der Waals surface area contributed by atoms with Crippen molar-refractivity contribution in [1.82, 2.24) is 28.9 Å². The number of aromatic nitrogens is 4. The minimum absolute atomic E-state index is 0.0118. The zero-order chi connectivity index (χ0) is 79.4. The molecule has 0 amide bonds. The summed E-state index contributed by atoms with van der Waals surface area (Å²) in [4.78, 5) is 64.1. The van der Waals surface area contributed by atoms with Crippen LogP contribution in [0.25, 0.3) is 0 Å². The lowest BCUT2D eigenvalue weighted by Crippen LogP contribution is -2.28. The Balaban J connectivity index is 0.00000110. The first-order chi connectivity index (χ1) is 54.2. The first kappa shape index (κ1) is 104. The molecule has 0 radical (unpaired) electrons. The van der Waals surface area contributed by atoms with Crippen LogP contribution in [0.2, 0.25) is 0 Å².